The Balaban J connectivity index is 1.36. The van der Waals surface area contributed by atoms with E-state index in [2.05, 4.69) is 22.5 Å². The molecule has 1 amide bonds. The summed E-state index contributed by atoms with van der Waals surface area (Å²) in [6.45, 7) is 2.56. The number of benzene rings is 1. The number of hydrogen-bond acceptors (Lipinski definition) is 4. The third-order valence-corrected chi connectivity index (χ3v) is 4.27. The first kappa shape index (κ1) is 14.3. The van der Waals surface area contributed by atoms with Gasteiger partial charge in [-0.05, 0) is 11.1 Å². The molecule has 1 aromatic carbocycles. The van der Waals surface area contributed by atoms with Crippen LogP contribution >= 0.6 is 0 Å². The molecule has 120 valence electrons. The van der Waals surface area contributed by atoms with Gasteiger partial charge in [-0.2, -0.15) is 5.10 Å². The summed E-state index contributed by atoms with van der Waals surface area (Å²) >= 11 is 0. The predicted molar refractivity (Wildman–Crippen MR) is 83.4 cm³/mol. The van der Waals surface area contributed by atoms with Crippen LogP contribution in [0.5, 0.6) is 5.88 Å². The molecule has 0 fully saturated rings. The molecule has 0 radical (unpaired) electrons. The van der Waals surface area contributed by atoms with Crippen molar-refractivity contribution in [3.05, 3.63) is 47.2 Å². The fourth-order valence-electron chi connectivity index (χ4n) is 3.02. The van der Waals surface area contributed by atoms with Gasteiger partial charge in [0.15, 0.2) is 5.69 Å². The van der Waals surface area contributed by atoms with E-state index in [0.717, 1.165) is 19.4 Å². The highest BCUT2D eigenvalue weighted by Gasteiger charge is 2.21. The van der Waals surface area contributed by atoms with Crippen LogP contribution in [0.2, 0.25) is 0 Å². The van der Waals surface area contributed by atoms with Crippen molar-refractivity contribution in [2.75, 3.05) is 13.2 Å². The van der Waals surface area contributed by atoms with E-state index in [-0.39, 0.29) is 12.0 Å². The van der Waals surface area contributed by atoms with Crippen LogP contribution in [0.1, 0.15) is 28.0 Å². The zero-order valence-electron chi connectivity index (χ0n) is 12.8. The van der Waals surface area contributed by atoms with Gasteiger partial charge in [0, 0.05) is 32.0 Å². The number of ether oxygens (including phenoxy) is 2. The average Bonchev–Trinajstić information content (AvgIpc) is 3.04. The SMILES string of the molecule is O=C(NCC1Cc2ccccc2CO1)c1cc2n(n1)CCCO2. The van der Waals surface area contributed by atoms with Gasteiger partial charge in [-0.1, -0.05) is 24.3 Å². The Bertz CT molecular complexity index is 702. The number of amides is 1. The van der Waals surface area contributed by atoms with Crippen molar-refractivity contribution < 1.29 is 14.3 Å². The third-order valence-electron chi connectivity index (χ3n) is 4.27. The number of fused-ring (bicyclic) bond motifs is 2. The van der Waals surface area contributed by atoms with Crippen LogP contribution in [0.3, 0.4) is 0 Å². The number of aromatic nitrogens is 2. The zero-order valence-corrected chi connectivity index (χ0v) is 12.8. The first-order valence-corrected chi connectivity index (χ1v) is 7.97. The summed E-state index contributed by atoms with van der Waals surface area (Å²) in [6, 6.07) is 9.96. The number of aryl methyl sites for hydroxylation is 1. The van der Waals surface area contributed by atoms with Crippen LogP contribution in [-0.4, -0.2) is 34.9 Å². The van der Waals surface area contributed by atoms with E-state index in [1.165, 1.54) is 11.1 Å². The second-order valence-corrected chi connectivity index (χ2v) is 5.91. The summed E-state index contributed by atoms with van der Waals surface area (Å²) < 4.78 is 13.0. The van der Waals surface area contributed by atoms with Crippen molar-refractivity contribution in [1.29, 1.82) is 0 Å². The summed E-state index contributed by atoms with van der Waals surface area (Å²) in [5.41, 5.74) is 2.93. The normalized spacial score (nSPS) is 19.4. The molecule has 6 heteroatoms. The van der Waals surface area contributed by atoms with E-state index in [0.29, 0.717) is 31.3 Å². The molecular formula is C17H19N3O3. The number of hydrogen-bond donors (Lipinski definition) is 1. The van der Waals surface area contributed by atoms with Gasteiger partial charge < -0.3 is 14.8 Å². The minimum atomic E-state index is -0.182. The van der Waals surface area contributed by atoms with Gasteiger partial charge in [0.2, 0.25) is 5.88 Å². The number of nitrogens with one attached hydrogen (secondary N) is 1. The Labute approximate surface area is 134 Å². The molecule has 4 rings (SSSR count). The Morgan fingerprint density at radius 3 is 3.09 bits per heavy atom. The third kappa shape index (κ3) is 2.94. The highest BCUT2D eigenvalue weighted by molar-refractivity contribution is 5.92. The van der Waals surface area contributed by atoms with Gasteiger partial charge in [0.25, 0.3) is 5.91 Å². The molecule has 1 N–H and O–H groups in total. The van der Waals surface area contributed by atoms with Crippen molar-refractivity contribution >= 4 is 5.91 Å². The largest absolute Gasteiger partial charge is 0.478 e. The fraction of sp³-hybridized carbons (Fsp3) is 0.412. The Morgan fingerprint density at radius 1 is 1.35 bits per heavy atom. The first-order valence-electron chi connectivity index (χ1n) is 7.97. The lowest BCUT2D eigenvalue weighted by molar-refractivity contribution is 0.0284. The molecule has 6 nitrogen and oxygen atoms in total. The molecule has 2 aliphatic rings. The van der Waals surface area contributed by atoms with E-state index in [4.69, 9.17) is 9.47 Å². The lowest BCUT2D eigenvalue weighted by Gasteiger charge is -2.25. The van der Waals surface area contributed by atoms with Crippen LogP contribution in [0.4, 0.5) is 0 Å². The van der Waals surface area contributed by atoms with Gasteiger partial charge in [0.1, 0.15) is 0 Å². The van der Waals surface area contributed by atoms with Gasteiger partial charge in [0.05, 0.1) is 19.3 Å². The number of carbonyl (C=O) groups excluding carboxylic acids is 1. The molecule has 3 heterocycles. The second-order valence-electron chi connectivity index (χ2n) is 5.91. The van der Waals surface area contributed by atoms with Crippen LogP contribution in [-0.2, 0) is 24.3 Å². The van der Waals surface area contributed by atoms with Crippen LogP contribution in [0, 0.1) is 0 Å². The predicted octanol–water partition coefficient (Wildman–Crippen LogP) is 1.54. The summed E-state index contributed by atoms with van der Waals surface area (Å²) in [4.78, 5) is 12.3. The van der Waals surface area contributed by atoms with Crippen molar-refractivity contribution in [2.24, 2.45) is 0 Å². The number of nitrogens with zero attached hydrogens (tertiary/aromatic N) is 2. The zero-order chi connectivity index (χ0) is 15.6. The van der Waals surface area contributed by atoms with Crippen molar-refractivity contribution in [3.8, 4) is 5.88 Å². The van der Waals surface area contributed by atoms with E-state index >= 15 is 0 Å². The molecule has 0 saturated heterocycles. The number of carbonyl (C=O) groups is 1. The van der Waals surface area contributed by atoms with Crippen molar-refractivity contribution in [2.45, 2.75) is 32.1 Å². The topological polar surface area (TPSA) is 65.4 Å². The minimum Gasteiger partial charge on any atom is -0.478 e. The maximum atomic E-state index is 12.3. The molecule has 0 aliphatic carbocycles. The molecule has 23 heavy (non-hydrogen) atoms. The second kappa shape index (κ2) is 6.04. The van der Waals surface area contributed by atoms with Crippen LogP contribution in [0.15, 0.2) is 30.3 Å². The minimum absolute atomic E-state index is 0.00217. The average molecular weight is 313 g/mol. The standard InChI is InChI=1S/C17H19N3O3/c21-17(15-9-16-20(19-15)6-3-7-22-16)18-10-14-8-12-4-1-2-5-13(12)11-23-14/h1-2,4-5,9,14H,3,6-8,10-11H2,(H,18,21). The lowest BCUT2D eigenvalue weighted by atomic mass is 9.99. The summed E-state index contributed by atoms with van der Waals surface area (Å²) in [7, 11) is 0. The van der Waals surface area contributed by atoms with Gasteiger partial charge in [-0.3, -0.25) is 4.79 Å². The van der Waals surface area contributed by atoms with Crippen molar-refractivity contribution in [3.63, 3.8) is 0 Å². The highest BCUT2D eigenvalue weighted by Crippen LogP contribution is 2.20. The van der Waals surface area contributed by atoms with E-state index in [1.54, 1.807) is 10.7 Å². The van der Waals surface area contributed by atoms with Crippen LogP contribution < -0.4 is 10.1 Å². The maximum Gasteiger partial charge on any atom is 0.272 e. The summed E-state index contributed by atoms with van der Waals surface area (Å²) in [6.07, 6.45) is 1.74. The molecule has 1 atom stereocenters. The fourth-order valence-corrected chi connectivity index (χ4v) is 3.02. The van der Waals surface area contributed by atoms with E-state index in [9.17, 15) is 4.79 Å². The molecule has 1 aromatic heterocycles. The smallest absolute Gasteiger partial charge is 0.272 e. The molecule has 0 spiro atoms. The number of rotatable bonds is 3. The van der Waals surface area contributed by atoms with E-state index in [1.807, 2.05) is 12.1 Å². The van der Waals surface area contributed by atoms with Crippen molar-refractivity contribution in [1.82, 2.24) is 15.1 Å². The summed E-state index contributed by atoms with van der Waals surface area (Å²) in [5, 5.41) is 7.20. The Hall–Kier alpha value is -2.34. The van der Waals surface area contributed by atoms with Gasteiger partial charge >= 0.3 is 0 Å². The van der Waals surface area contributed by atoms with Crippen LogP contribution in [0.25, 0.3) is 0 Å². The molecular weight excluding hydrogens is 294 g/mol. The molecule has 0 bridgehead atoms. The highest BCUT2D eigenvalue weighted by atomic mass is 16.5. The molecule has 2 aromatic rings. The Morgan fingerprint density at radius 2 is 2.22 bits per heavy atom. The summed E-state index contributed by atoms with van der Waals surface area (Å²) in [5.74, 6) is 0.488. The molecule has 1 unspecified atom stereocenters. The van der Waals surface area contributed by atoms with Gasteiger partial charge in [-0.15, -0.1) is 0 Å². The quantitative estimate of drug-likeness (QED) is 0.933. The van der Waals surface area contributed by atoms with Gasteiger partial charge in [-0.25, -0.2) is 4.68 Å². The lowest BCUT2D eigenvalue weighted by Crippen LogP contribution is -2.37. The maximum absolute atomic E-state index is 12.3. The monoisotopic (exact) mass is 313 g/mol. The first-order chi connectivity index (χ1) is 11.3. The van der Waals surface area contributed by atoms with E-state index < -0.39 is 0 Å². The molecule has 2 aliphatic heterocycles. The Kier molecular flexibility index (Phi) is 3.75. The molecule has 0 saturated carbocycles.